The largest absolute Gasteiger partial charge is 0.384 e. The number of thioether (sulfide) groups is 1. The van der Waals surface area contributed by atoms with Gasteiger partial charge in [-0.05, 0) is 47.9 Å². The van der Waals surface area contributed by atoms with Crippen molar-refractivity contribution in [1.82, 2.24) is 25.1 Å². The molecule has 9 heteroatoms. The minimum absolute atomic E-state index is 0.0299. The average molecular weight is 572 g/mol. The smallest absolute Gasteiger partial charge is 0.233 e. The van der Waals surface area contributed by atoms with Gasteiger partial charge in [-0.2, -0.15) is 0 Å². The van der Waals surface area contributed by atoms with Gasteiger partial charge in [0.25, 0.3) is 0 Å². The van der Waals surface area contributed by atoms with Crippen molar-refractivity contribution in [2.45, 2.75) is 60.7 Å². The second kappa shape index (κ2) is 10.6. The highest BCUT2D eigenvalue weighted by Crippen LogP contribution is 2.66. The third-order valence-corrected chi connectivity index (χ3v) is 13.0. The van der Waals surface area contributed by atoms with Crippen LogP contribution >= 0.6 is 11.8 Å². The quantitative estimate of drug-likeness (QED) is 0.179. The lowest BCUT2D eigenvalue weighted by atomic mass is 9.83. The maximum Gasteiger partial charge on any atom is 0.233 e. The molecular formula is C31H37N5O2SSi. The maximum absolute atomic E-state index is 14.4. The molecule has 3 atom stereocenters. The van der Waals surface area contributed by atoms with Crippen LogP contribution in [0, 0.1) is 0 Å². The summed E-state index contributed by atoms with van der Waals surface area (Å²) < 4.78 is 0.821. The molecule has 1 aliphatic rings. The number of amides is 1. The summed E-state index contributed by atoms with van der Waals surface area (Å²) in [6.45, 7) is 10.5. The molecule has 7 nitrogen and oxygen atoms in total. The van der Waals surface area contributed by atoms with Gasteiger partial charge in [-0.25, -0.2) is 4.68 Å². The van der Waals surface area contributed by atoms with Gasteiger partial charge >= 0.3 is 0 Å². The molecule has 0 aliphatic carbocycles. The van der Waals surface area contributed by atoms with Gasteiger partial charge in [-0.1, -0.05) is 104 Å². The van der Waals surface area contributed by atoms with Crippen LogP contribution in [0.1, 0.15) is 49.4 Å². The molecule has 1 N–H and O–H groups in total. The van der Waals surface area contributed by atoms with E-state index in [9.17, 15) is 9.90 Å². The number of hydrogen-bond acceptors (Lipinski definition) is 6. The summed E-state index contributed by atoms with van der Waals surface area (Å²) in [5.74, 6) is 0.288. The number of carbonyl (C=O) groups is 1. The first-order valence-electron chi connectivity index (χ1n) is 13.6. The normalized spacial score (nSPS) is 20.4. The first-order valence-corrected chi connectivity index (χ1v) is 17.4. The number of tetrazole rings is 1. The Labute approximate surface area is 242 Å². The predicted molar refractivity (Wildman–Crippen MR) is 163 cm³/mol. The van der Waals surface area contributed by atoms with E-state index < -0.39 is 30.2 Å². The summed E-state index contributed by atoms with van der Waals surface area (Å²) in [7, 11) is -0.194. The zero-order chi connectivity index (χ0) is 28.7. The van der Waals surface area contributed by atoms with Crippen LogP contribution in [-0.4, -0.2) is 55.8 Å². The van der Waals surface area contributed by atoms with E-state index in [2.05, 4.69) is 122 Å². The first kappa shape index (κ1) is 28.3. The molecule has 0 bridgehead atoms. The molecule has 0 spiro atoms. The summed E-state index contributed by atoms with van der Waals surface area (Å²) in [4.78, 5) is 16.4. The lowest BCUT2D eigenvalue weighted by Gasteiger charge is -2.64. The highest BCUT2D eigenvalue weighted by Gasteiger charge is 2.70. The maximum atomic E-state index is 14.4. The second-order valence-electron chi connectivity index (χ2n) is 11.7. The van der Waals surface area contributed by atoms with Crippen molar-refractivity contribution >= 4 is 26.5 Å². The monoisotopic (exact) mass is 571 g/mol. The van der Waals surface area contributed by atoms with Crippen molar-refractivity contribution in [3.63, 3.8) is 0 Å². The van der Waals surface area contributed by atoms with Gasteiger partial charge in [-0.15, -0.1) is 16.9 Å². The van der Waals surface area contributed by atoms with E-state index in [4.69, 9.17) is 0 Å². The van der Waals surface area contributed by atoms with Gasteiger partial charge in [0.05, 0.1) is 18.9 Å². The molecule has 0 radical (unpaired) electrons. The van der Waals surface area contributed by atoms with Gasteiger partial charge in [0, 0.05) is 12.6 Å². The van der Waals surface area contributed by atoms with Crippen LogP contribution in [0.4, 0.5) is 0 Å². The Morgan fingerprint density at radius 2 is 1.32 bits per heavy atom. The third kappa shape index (κ3) is 4.31. The number of β-lactam (4-membered cyclic amide) rings is 1. The van der Waals surface area contributed by atoms with Crippen LogP contribution < -0.4 is 0 Å². The molecule has 1 aromatic heterocycles. The van der Waals surface area contributed by atoms with Crippen molar-refractivity contribution in [3.8, 4) is 0 Å². The molecule has 1 fully saturated rings. The lowest BCUT2D eigenvalue weighted by Crippen LogP contribution is -2.74. The fourth-order valence-electron chi connectivity index (χ4n) is 6.05. The molecule has 208 valence electrons. The van der Waals surface area contributed by atoms with Crippen molar-refractivity contribution < 1.29 is 9.90 Å². The van der Waals surface area contributed by atoms with Gasteiger partial charge in [0.15, 0.2) is 5.82 Å². The molecule has 5 rings (SSSR count). The van der Waals surface area contributed by atoms with E-state index in [0.29, 0.717) is 5.82 Å². The lowest BCUT2D eigenvalue weighted by molar-refractivity contribution is -0.164. The number of rotatable bonds is 8. The number of carbonyl (C=O) groups excluding carboxylic acids is 1. The Morgan fingerprint density at radius 1 is 0.875 bits per heavy atom. The standard InChI is InChI=1S/C31H37N5O2SSi/c1-29(2,3)36-27(38)31(40(5)6,25(37)26-32-33-34-35(26)4)28(36)39-30(22-16-10-7-11-17-22,23-18-12-8-13-19-23)24-20-14-9-15-21-24/h7-21,25,28,37,40H,1-6H3. The number of aromatic nitrogens is 4. The van der Waals surface area contributed by atoms with Gasteiger partial charge in [0.2, 0.25) is 5.91 Å². The number of hydrogen-bond donors (Lipinski definition) is 1. The second-order valence-corrected chi connectivity index (χ2v) is 16.3. The van der Waals surface area contributed by atoms with E-state index in [1.54, 1.807) is 18.8 Å². The molecule has 4 aromatic rings. The molecule has 2 heterocycles. The summed E-state index contributed by atoms with van der Waals surface area (Å²) in [6, 6.07) is 31.4. The Balaban J connectivity index is 1.80. The van der Waals surface area contributed by atoms with Crippen LogP contribution in [-0.2, 0) is 16.6 Å². The van der Waals surface area contributed by atoms with Crippen molar-refractivity contribution in [1.29, 1.82) is 0 Å². The molecule has 1 saturated heterocycles. The van der Waals surface area contributed by atoms with Crippen molar-refractivity contribution in [3.05, 3.63) is 114 Å². The van der Waals surface area contributed by atoms with E-state index in [1.807, 2.05) is 23.1 Å². The zero-order valence-electron chi connectivity index (χ0n) is 23.9. The molecule has 0 saturated carbocycles. The Hall–Kier alpha value is -3.27. The number of aliphatic hydroxyl groups is 1. The van der Waals surface area contributed by atoms with E-state index in [1.165, 1.54) is 4.68 Å². The predicted octanol–water partition coefficient (Wildman–Crippen LogP) is 5.16. The molecular weight excluding hydrogens is 535 g/mol. The highest BCUT2D eigenvalue weighted by atomic mass is 32.2. The fraction of sp³-hybridized carbons (Fsp3) is 0.355. The first-order chi connectivity index (χ1) is 19.1. The number of aliphatic hydroxyl groups excluding tert-OH is 1. The Morgan fingerprint density at radius 3 is 1.68 bits per heavy atom. The molecule has 1 amide bonds. The average Bonchev–Trinajstić information content (AvgIpc) is 3.37. The van der Waals surface area contributed by atoms with Crippen LogP contribution in [0.15, 0.2) is 91.0 Å². The van der Waals surface area contributed by atoms with Gasteiger partial charge in [0.1, 0.15) is 11.1 Å². The highest BCUT2D eigenvalue weighted by molar-refractivity contribution is 8.01. The number of aryl methyl sites for hydroxylation is 1. The molecule has 1 aliphatic heterocycles. The molecule has 40 heavy (non-hydrogen) atoms. The zero-order valence-corrected chi connectivity index (χ0v) is 25.9. The van der Waals surface area contributed by atoms with Gasteiger partial charge < -0.3 is 10.0 Å². The van der Waals surface area contributed by atoms with E-state index in [-0.39, 0.29) is 11.3 Å². The van der Waals surface area contributed by atoms with Crippen LogP contribution in [0.2, 0.25) is 18.1 Å². The topological polar surface area (TPSA) is 84.1 Å². The SMILES string of the molecule is Cn1nnnc1C(O)C1([SiH](C)C)C(=O)N(C(C)(C)C)C1SC(c1ccccc1)(c1ccccc1)c1ccccc1. The van der Waals surface area contributed by atoms with E-state index in [0.717, 1.165) is 16.7 Å². The summed E-state index contributed by atoms with van der Waals surface area (Å²) in [6.07, 6.45) is -1.14. The van der Waals surface area contributed by atoms with Crippen LogP contribution in [0.3, 0.4) is 0 Å². The fourth-order valence-corrected chi connectivity index (χ4v) is 11.3. The van der Waals surface area contributed by atoms with Crippen molar-refractivity contribution in [2.24, 2.45) is 7.05 Å². The Bertz CT molecular complexity index is 1360. The summed E-state index contributed by atoms with van der Waals surface area (Å²) in [5.41, 5.74) is 2.87. The number of benzene rings is 3. The van der Waals surface area contributed by atoms with Crippen LogP contribution in [0.25, 0.3) is 0 Å². The minimum atomic E-state index is -1.91. The van der Waals surface area contributed by atoms with Crippen LogP contribution in [0.5, 0.6) is 0 Å². The number of likely N-dealkylation sites (tertiary alicyclic amines) is 1. The summed E-state index contributed by atoms with van der Waals surface area (Å²) in [5, 5.41) is 22.6. The summed E-state index contributed by atoms with van der Waals surface area (Å²) >= 11 is 1.75. The minimum Gasteiger partial charge on any atom is -0.384 e. The van der Waals surface area contributed by atoms with Crippen molar-refractivity contribution in [2.75, 3.05) is 0 Å². The third-order valence-electron chi connectivity index (χ3n) is 8.09. The Kier molecular flexibility index (Phi) is 7.50. The molecule has 3 unspecified atom stereocenters. The molecule has 3 aromatic carbocycles. The number of nitrogens with zero attached hydrogens (tertiary/aromatic N) is 5. The van der Waals surface area contributed by atoms with E-state index >= 15 is 0 Å². The van der Waals surface area contributed by atoms with Gasteiger partial charge in [-0.3, -0.25) is 4.79 Å².